The molecule has 0 bridgehead atoms. The molecule has 15 heteroatoms. The summed E-state index contributed by atoms with van der Waals surface area (Å²) in [6, 6.07) is 25.5. The number of hydrogen-bond donors (Lipinski definition) is 0. The topological polar surface area (TPSA) is 178 Å². The van der Waals surface area contributed by atoms with E-state index < -0.39 is 11.9 Å². The van der Waals surface area contributed by atoms with Gasteiger partial charge in [-0.1, -0.05) is 37.4 Å². The van der Waals surface area contributed by atoms with Crippen LogP contribution in [0.3, 0.4) is 0 Å². The number of nitrogens with zero attached hydrogens (tertiary/aromatic N) is 3. The highest BCUT2D eigenvalue weighted by molar-refractivity contribution is 5.81. The van der Waals surface area contributed by atoms with E-state index in [-0.39, 0.29) is 68.2 Å². The van der Waals surface area contributed by atoms with Crippen LogP contribution in [0, 0.1) is 15.6 Å². The van der Waals surface area contributed by atoms with Gasteiger partial charge in [-0.05, 0) is 83.9 Å². The number of esters is 2. The molecule has 0 saturated heterocycles. The minimum Gasteiger partial charge on any atom is -0.733 e. The smallest absolute Gasteiger partial charge is 0.330 e. The maximum atomic E-state index is 12.7. The molecule has 0 aliphatic carbocycles. The van der Waals surface area contributed by atoms with Crippen LogP contribution in [0.2, 0.25) is 0 Å². The van der Waals surface area contributed by atoms with Gasteiger partial charge in [-0.15, -0.1) is 0 Å². The van der Waals surface area contributed by atoms with Gasteiger partial charge in [0, 0.05) is 18.6 Å². The number of benzene rings is 4. The maximum absolute atomic E-state index is 12.7. The van der Waals surface area contributed by atoms with Gasteiger partial charge >= 0.3 is 11.9 Å². The summed E-state index contributed by atoms with van der Waals surface area (Å²) in [5.74, 6) is -0.0643. The van der Waals surface area contributed by atoms with Crippen LogP contribution in [-0.2, 0) is 28.6 Å². The largest absolute Gasteiger partial charge is 0.733 e. The Balaban J connectivity index is 1.18. The molecular formula is C37H36N3O12-3. The first-order valence-electron chi connectivity index (χ1n) is 15.9. The molecule has 0 saturated carbocycles. The number of hydrogen-bond acceptors (Lipinski definition) is 15. The monoisotopic (exact) mass is 714 g/mol. The van der Waals surface area contributed by atoms with Gasteiger partial charge in [0.25, 0.3) is 0 Å². The highest BCUT2D eigenvalue weighted by Crippen LogP contribution is 2.28. The van der Waals surface area contributed by atoms with Crippen molar-refractivity contribution in [1.82, 2.24) is 0 Å². The lowest BCUT2D eigenvalue weighted by molar-refractivity contribution is -0.139. The zero-order chi connectivity index (χ0) is 37.1. The molecule has 4 aromatic rings. The van der Waals surface area contributed by atoms with Crippen LogP contribution >= 0.6 is 0 Å². The van der Waals surface area contributed by atoms with E-state index in [2.05, 4.69) is 13.2 Å². The Labute approximate surface area is 299 Å². The summed E-state index contributed by atoms with van der Waals surface area (Å²) < 4.78 is 20.5. The van der Waals surface area contributed by atoms with Crippen LogP contribution in [0.4, 0.5) is 17.1 Å². The van der Waals surface area contributed by atoms with E-state index in [1.54, 1.807) is 60.7 Å². The molecule has 0 aliphatic heterocycles. The van der Waals surface area contributed by atoms with Crippen molar-refractivity contribution < 1.29 is 43.0 Å². The fraction of sp³-hybridized carbons (Fsp3) is 0.189. The quantitative estimate of drug-likeness (QED) is 0.0376. The molecule has 0 heterocycles. The number of carbonyl (C=O) groups excluding carboxylic acids is 2. The zero-order valence-electron chi connectivity index (χ0n) is 28.0. The van der Waals surface area contributed by atoms with Crippen molar-refractivity contribution in [2.75, 3.05) is 55.3 Å². The second-order valence-corrected chi connectivity index (χ2v) is 10.4. The first kappa shape index (κ1) is 38.7. The standard InChI is InChI=1S/C37H36N3O12/c1-3-36(41)48-22-5-23-50-38(43)30-10-6-28(7-11-30)29-8-16-34(17-9-29)51-40(45)32-14-20-35(21-15-32)52-39(44)31-12-18-33(19-13-31)47-26-24-46-25-27-49-37(42)4-2/h3-4,6-21H,1-2,5,22-27H2/q-3. The minimum atomic E-state index is -0.539. The number of rotatable bonds is 22. The van der Waals surface area contributed by atoms with Crippen molar-refractivity contribution in [3.8, 4) is 28.4 Å². The Bertz CT molecular complexity index is 1700. The minimum absolute atomic E-state index is 0.0669. The van der Waals surface area contributed by atoms with Gasteiger partial charge in [0.15, 0.2) is 11.5 Å². The third kappa shape index (κ3) is 12.7. The lowest BCUT2D eigenvalue weighted by atomic mass is 10.1. The first-order valence-corrected chi connectivity index (χ1v) is 15.9. The van der Waals surface area contributed by atoms with Gasteiger partial charge in [0.1, 0.15) is 19.0 Å². The molecule has 0 radical (unpaired) electrons. The van der Waals surface area contributed by atoms with Crippen molar-refractivity contribution >= 4 is 29.0 Å². The first-order chi connectivity index (χ1) is 25.2. The lowest BCUT2D eigenvalue weighted by Crippen LogP contribution is -2.20. The van der Waals surface area contributed by atoms with Crippen LogP contribution in [0.1, 0.15) is 6.42 Å². The Morgan fingerprint density at radius 2 is 0.942 bits per heavy atom. The highest BCUT2D eigenvalue weighted by Gasteiger charge is 2.06. The SMILES string of the molecule is C=CC(=O)OCCCON([O-])c1ccc(-c2ccc(ON([O-])c3ccc(ON([O-])c4ccc(OCCOCCOC(=O)C=C)cc4)cc3)cc2)cc1. The van der Waals surface area contributed by atoms with E-state index in [1.165, 1.54) is 36.4 Å². The fourth-order valence-corrected chi connectivity index (χ4v) is 4.17. The molecule has 274 valence electrons. The molecule has 0 amide bonds. The second kappa shape index (κ2) is 20.5. The molecule has 0 spiro atoms. The summed E-state index contributed by atoms with van der Waals surface area (Å²) in [6.07, 6.45) is 2.48. The lowest BCUT2D eigenvalue weighted by Gasteiger charge is -2.31. The van der Waals surface area contributed by atoms with Gasteiger partial charge < -0.3 is 49.5 Å². The molecule has 0 aromatic heterocycles. The average Bonchev–Trinajstić information content (AvgIpc) is 3.17. The summed E-state index contributed by atoms with van der Waals surface area (Å²) in [6.45, 7) is 7.66. The predicted molar refractivity (Wildman–Crippen MR) is 193 cm³/mol. The van der Waals surface area contributed by atoms with Crippen molar-refractivity contribution in [2.45, 2.75) is 6.42 Å². The van der Waals surface area contributed by atoms with Crippen LogP contribution in [0.5, 0.6) is 17.2 Å². The molecule has 4 rings (SSSR count). The number of carbonyl (C=O) groups is 2. The average molecular weight is 715 g/mol. The van der Waals surface area contributed by atoms with Gasteiger partial charge in [-0.2, -0.15) is 0 Å². The molecule has 0 unspecified atom stereocenters. The third-order valence-corrected chi connectivity index (χ3v) is 6.78. The fourth-order valence-electron chi connectivity index (χ4n) is 4.17. The summed E-state index contributed by atoms with van der Waals surface area (Å²) in [5.41, 5.74) is 2.29. The van der Waals surface area contributed by atoms with Crippen LogP contribution in [0.15, 0.2) is 122 Å². The molecule has 4 aromatic carbocycles. The van der Waals surface area contributed by atoms with Crippen LogP contribution < -0.4 is 30.1 Å². The second-order valence-electron chi connectivity index (χ2n) is 10.4. The van der Waals surface area contributed by atoms with Crippen molar-refractivity contribution in [1.29, 1.82) is 0 Å². The Kier molecular flexibility index (Phi) is 15.3. The summed E-state index contributed by atoms with van der Waals surface area (Å²) in [4.78, 5) is 37.9. The third-order valence-electron chi connectivity index (χ3n) is 6.78. The predicted octanol–water partition coefficient (Wildman–Crippen LogP) is 6.43. The van der Waals surface area contributed by atoms with E-state index in [0.29, 0.717) is 27.8 Å². The van der Waals surface area contributed by atoms with Crippen LogP contribution in [0.25, 0.3) is 11.1 Å². The van der Waals surface area contributed by atoms with Gasteiger partial charge in [0.05, 0.1) is 43.5 Å². The summed E-state index contributed by atoms with van der Waals surface area (Å²) in [7, 11) is 0. The molecule has 0 aliphatic rings. The Morgan fingerprint density at radius 1 is 0.519 bits per heavy atom. The number of anilines is 3. The maximum Gasteiger partial charge on any atom is 0.330 e. The molecule has 0 atom stereocenters. The van der Waals surface area contributed by atoms with Crippen molar-refractivity contribution in [3.05, 3.63) is 138 Å². The van der Waals surface area contributed by atoms with E-state index >= 15 is 0 Å². The van der Waals surface area contributed by atoms with Gasteiger partial charge in [-0.3, -0.25) is 15.3 Å². The van der Waals surface area contributed by atoms with Gasteiger partial charge in [-0.25, -0.2) is 9.59 Å². The van der Waals surface area contributed by atoms with E-state index in [4.69, 9.17) is 33.5 Å². The Hall–Kier alpha value is -6.10. The molecule has 52 heavy (non-hydrogen) atoms. The molecule has 15 nitrogen and oxygen atoms in total. The van der Waals surface area contributed by atoms with Gasteiger partial charge in [0.2, 0.25) is 0 Å². The molecule has 0 N–H and O–H groups in total. The summed E-state index contributed by atoms with van der Waals surface area (Å²) in [5, 5.41) is 38.4. The normalized spacial score (nSPS) is 10.4. The highest BCUT2D eigenvalue weighted by atomic mass is 16.9. The zero-order valence-corrected chi connectivity index (χ0v) is 28.0. The Morgan fingerprint density at radius 3 is 1.48 bits per heavy atom. The number of ether oxygens (including phenoxy) is 4. The van der Waals surface area contributed by atoms with Crippen molar-refractivity contribution in [3.63, 3.8) is 0 Å². The molecular weight excluding hydrogens is 678 g/mol. The molecule has 0 fully saturated rings. The van der Waals surface area contributed by atoms with E-state index in [9.17, 15) is 25.2 Å². The van der Waals surface area contributed by atoms with Crippen LogP contribution in [-0.4, -0.2) is 51.6 Å². The van der Waals surface area contributed by atoms with E-state index in [1.807, 2.05) is 0 Å². The van der Waals surface area contributed by atoms with Crippen molar-refractivity contribution in [2.24, 2.45) is 0 Å². The van der Waals surface area contributed by atoms with E-state index in [0.717, 1.165) is 23.3 Å². The summed E-state index contributed by atoms with van der Waals surface area (Å²) >= 11 is 0.